The first-order chi connectivity index (χ1) is 11.4. The van der Waals surface area contributed by atoms with Gasteiger partial charge in [-0.05, 0) is 62.8 Å². The maximum atomic E-state index is 12.4. The molecule has 1 aliphatic rings. The first-order valence-corrected chi connectivity index (χ1v) is 11.3. The molecular formula is C18H26Cl2NO2P. The Morgan fingerprint density at radius 2 is 2.12 bits per heavy atom. The summed E-state index contributed by atoms with van der Waals surface area (Å²) in [6, 6.07) is 5.72. The molecule has 1 aromatic rings. The Morgan fingerprint density at radius 3 is 2.79 bits per heavy atom. The Kier molecular flexibility index (Phi) is 7.84. The molecule has 1 aliphatic carbocycles. The van der Waals surface area contributed by atoms with E-state index in [1.807, 2.05) is 19.1 Å². The topological polar surface area (TPSA) is 49.3 Å². The van der Waals surface area contributed by atoms with Crippen LogP contribution in [0, 0.1) is 5.92 Å². The molecule has 134 valence electrons. The fraction of sp³-hybridized carbons (Fsp3) is 0.556. The summed E-state index contributed by atoms with van der Waals surface area (Å²) in [6.45, 7) is 2.75. The van der Waals surface area contributed by atoms with Crippen LogP contribution in [0.1, 0.15) is 44.2 Å². The first kappa shape index (κ1) is 20.0. The predicted octanol–water partition coefficient (Wildman–Crippen LogP) is 5.66. The number of hydrogen-bond donors (Lipinski definition) is 2. The maximum Gasteiger partial charge on any atom is 0.200 e. The lowest BCUT2D eigenvalue weighted by atomic mass is 9.96. The standard InChI is InChI=1S/C18H26Cl2NO2P/c1-14(16-8-9-17(19)18(20)12-16)21-10-5-11-24(22,23)13-15-6-3-2-4-7-15/h2-3,8-9,12,14-15,21H,4-7,10-11,13H2,1H3,(H,22,23)/t14-,15?/m0/s1. The summed E-state index contributed by atoms with van der Waals surface area (Å²) in [5.74, 6) is 0.369. The highest BCUT2D eigenvalue weighted by Crippen LogP contribution is 2.45. The van der Waals surface area contributed by atoms with Gasteiger partial charge in [-0.25, -0.2) is 0 Å². The molecule has 0 amide bonds. The van der Waals surface area contributed by atoms with Gasteiger partial charge in [0.1, 0.15) is 0 Å². The van der Waals surface area contributed by atoms with Crippen LogP contribution >= 0.6 is 30.6 Å². The third-order valence-corrected chi connectivity index (χ3v) is 7.34. The molecule has 0 heterocycles. The van der Waals surface area contributed by atoms with Crippen molar-refractivity contribution in [2.24, 2.45) is 5.92 Å². The smallest absolute Gasteiger partial charge is 0.200 e. The van der Waals surface area contributed by atoms with E-state index >= 15 is 0 Å². The normalized spacial score (nSPS) is 21.4. The Hall–Kier alpha value is -0.310. The van der Waals surface area contributed by atoms with Crippen LogP contribution in [-0.4, -0.2) is 23.8 Å². The first-order valence-electron chi connectivity index (χ1n) is 8.51. The van der Waals surface area contributed by atoms with Crippen LogP contribution in [0.15, 0.2) is 30.4 Å². The lowest BCUT2D eigenvalue weighted by Crippen LogP contribution is -2.21. The molecule has 0 aliphatic heterocycles. The molecule has 0 radical (unpaired) electrons. The second-order valence-corrected chi connectivity index (χ2v) is 9.93. The third kappa shape index (κ3) is 6.54. The lowest BCUT2D eigenvalue weighted by Gasteiger charge is -2.21. The van der Waals surface area contributed by atoms with Crippen LogP contribution in [0.2, 0.25) is 10.0 Å². The summed E-state index contributed by atoms with van der Waals surface area (Å²) in [5.41, 5.74) is 1.06. The third-order valence-electron chi connectivity index (χ3n) is 4.50. The fourth-order valence-electron chi connectivity index (χ4n) is 3.06. The Bertz CT molecular complexity index is 621. The highest BCUT2D eigenvalue weighted by molar-refractivity contribution is 7.58. The number of halogens is 2. The average molecular weight is 390 g/mol. The number of hydrogen-bond acceptors (Lipinski definition) is 2. The summed E-state index contributed by atoms with van der Waals surface area (Å²) in [4.78, 5) is 10.2. The number of allylic oxidation sites excluding steroid dienone is 2. The second-order valence-electron chi connectivity index (χ2n) is 6.61. The minimum Gasteiger partial charge on any atom is -0.344 e. The van der Waals surface area contributed by atoms with E-state index in [0.717, 1.165) is 24.8 Å². The minimum atomic E-state index is -3.02. The van der Waals surface area contributed by atoms with Crippen molar-refractivity contribution in [2.45, 2.75) is 38.6 Å². The average Bonchev–Trinajstić information content (AvgIpc) is 2.54. The van der Waals surface area contributed by atoms with Crippen LogP contribution in [0.25, 0.3) is 0 Å². The molecule has 2 unspecified atom stereocenters. The zero-order valence-corrected chi connectivity index (χ0v) is 16.5. The molecule has 0 spiro atoms. The molecule has 6 heteroatoms. The Labute approximate surface area is 154 Å². The van der Waals surface area contributed by atoms with Crippen LogP contribution in [0.5, 0.6) is 0 Å². The van der Waals surface area contributed by atoms with E-state index in [1.54, 1.807) is 6.07 Å². The molecule has 24 heavy (non-hydrogen) atoms. The summed E-state index contributed by atoms with van der Waals surface area (Å²) in [6.07, 6.45) is 8.84. The van der Waals surface area contributed by atoms with Gasteiger partial charge in [0.05, 0.1) is 10.0 Å². The van der Waals surface area contributed by atoms with Crippen LogP contribution < -0.4 is 5.32 Å². The van der Waals surface area contributed by atoms with Gasteiger partial charge in [0.2, 0.25) is 7.37 Å². The molecule has 3 atom stereocenters. The lowest BCUT2D eigenvalue weighted by molar-refractivity contribution is 0.444. The number of benzene rings is 1. The molecule has 0 fully saturated rings. The van der Waals surface area contributed by atoms with Crippen LogP contribution in [-0.2, 0) is 4.57 Å². The molecule has 1 aromatic carbocycles. The minimum absolute atomic E-state index is 0.126. The largest absolute Gasteiger partial charge is 0.344 e. The predicted molar refractivity (Wildman–Crippen MR) is 104 cm³/mol. The van der Waals surface area contributed by atoms with Gasteiger partial charge in [-0.2, -0.15) is 0 Å². The zero-order chi connectivity index (χ0) is 17.6. The van der Waals surface area contributed by atoms with Gasteiger partial charge in [-0.1, -0.05) is 41.4 Å². The van der Waals surface area contributed by atoms with Crippen molar-refractivity contribution in [2.75, 3.05) is 18.9 Å². The zero-order valence-electron chi connectivity index (χ0n) is 14.0. The number of nitrogens with one attached hydrogen (secondary N) is 1. The van der Waals surface area contributed by atoms with Gasteiger partial charge < -0.3 is 10.2 Å². The fourth-order valence-corrected chi connectivity index (χ4v) is 5.34. The monoisotopic (exact) mass is 389 g/mol. The van der Waals surface area contributed by atoms with Gasteiger partial charge >= 0.3 is 0 Å². The molecule has 2 N–H and O–H groups in total. The van der Waals surface area contributed by atoms with Gasteiger partial charge in [-0.15, -0.1) is 0 Å². The summed E-state index contributed by atoms with van der Waals surface area (Å²) in [7, 11) is -3.02. The maximum absolute atomic E-state index is 12.4. The molecule has 0 saturated carbocycles. The quantitative estimate of drug-likeness (QED) is 0.342. The van der Waals surface area contributed by atoms with Crippen molar-refractivity contribution in [3.05, 3.63) is 46.0 Å². The van der Waals surface area contributed by atoms with E-state index in [1.165, 1.54) is 0 Å². The van der Waals surface area contributed by atoms with E-state index < -0.39 is 7.37 Å². The van der Waals surface area contributed by atoms with E-state index in [9.17, 15) is 9.46 Å². The molecular weight excluding hydrogens is 364 g/mol. The molecule has 2 rings (SSSR count). The summed E-state index contributed by atoms with van der Waals surface area (Å²) < 4.78 is 12.4. The van der Waals surface area contributed by atoms with Gasteiger partial charge in [0, 0.05) is 18.4 Å². The highest BCUT2D eigenvalue weighted by atomic mass is 35.5. The van der Waals surface area contributed by atoms with Gasteiger partial charge in [-0.3, -0.25) is 4.57 Å². The highest BCUT2D eigenvalue weighted by Gasteiger charge is 2.23. The summed E-state index contributed by atoms with van der Waals surface area (Å²) >= 11 is 12.0. The number of rotatable bonds is 8. The Balaban J connectivity index is 1.72. The van der Waals surface area contributed by atoms with Crippen molar-refractivity contribution in [3.63, 3.8) is 0 Å². The van der Waals surface area contributed by atoms with Crippen LogP contribution in [0.4, 0.5) is 0 Å². The van der Waals surface area contributed by atoms with E-state index in [0.29, 0.717) is 41.3 Å². The van der Waals surface area contributed by atoms with Crippen LogP contribution in [0.3, 0.4) is 0 Å². The van der Waals surface area contributed by atoms with Crippen molar-refractivity contribution in [1.82, 2.24) is 5.32 Å². The molecule has 0 aromatic heterocycles. The second kappa shape index (κ2) is 9.40. The van der Waals surface area contributed by atoms with Crippen molar-refractivity contribution in [1.29, 1.82) is 0 Å². The van der Waals surface area contributed by atoms with Gasteiger partial charge in [0.25, 0.3) is 0 Å². The van der Waals surface area contributed by atoms with Gasteiger partial charge in [0.15, 0.2) is 0 Å². The van der Waals surface area contributed by atoms with E-state index in [-0.39, 0.29) is 6.04 Å². The van der Waals surface area contributed by atoms with E-state index in [2.05, 4.69) is 17.5 Å². The van der Waals surface area contributed by atoms with Crippen molar-refractivity contribution >= 4 is 30.6 Å². The molecule has 3 nitrogen and oxygen atoms in total. The van der Waals surface area contributed by atoms with Crippen molar-refractivity contribution in [3.8, 4) is 0 Å². The van der Waals surface area contributed by atoms with E-state index in [4.69, 9.17) is 23.2 Å². The Morgan fingerprint density at radius 1 is 1.33 bits per heavy atom. The molecule has 0 saturated heterocycles. The van der Waals surface area contributed by atoms with Crippen molar-refractivity contribution < 1.29 is 9.46 Å². The SMILES string of the molecule is C[C@H](NCCCP(=O)(O)CC1CC=CCC1)c1ccc(Cl)c(Cl)c1. The molecule has 0 bridgehead atoms. The summed E-state index contributed by atoms with van der Waals surface area (Å²) in [5, 5.41) is 4.47.